The average Bonchev–Trinajstić information content (AvgIpc) is 2.12. The Morgan fingerprint density at radius 1 is 1.50 bits per heavy atom. The van der Waals surface area contributed by atoms with E-state index in [1.807, 2.05) is 0 Å². The number of hydrogen-bond acceptors (Lipinski definition) is 2. The minimum Gasteiger partial charge on any atom is -0.229 e. The maximum absolute atomic E-state index is 10.5. The SMILES string of the molecule is CS(=O)(=O)C[C]1CC1. The molecule has 0 bridgehead atoms. The summed E-state index contributed by atoms with van der Waals surface area (Å²) in [6.45, 7) is 0. The first kappa shape index (κ1) is 6.08. The molecule has 1 fully saturated rings. The van der Waals surface area contributed by atoms with Crippen LogP contribution in [0.25, 0.3) is 0 Å². The predicted molar refractivity (Wildman–Crippen MR) is 32.2 cm³/mol. The van der Waals surface area contributed by atoms with Crippen LogP contribution in [-0.4, -0.2) is 20.4 Å². The topological polar surface area (TPSA) is 34.1 Å². The lowest BCUT2D eigenvalue weighted by Crippen LogP contribution is -2.02. The lowest BCUT2D eigenvalue weighted by Gasteiger charge is -1.89. The molecule has 0 aliphatic heterocycles. The zero-order chi connectivity index (χ0) is 6.20. The van der Waals surface area contributed by atoms with Crippen molar-refractivity contribution >= 4 is 9.84 Å². The van der Waals surface area contributed by atoms with Gasteiger partial charge in [0.05, 0.1) is 5.75 Å². The normalized spacial score (nSPS) is 21.1. The second kappa shape index (κ2) is 1.72. The fourth-order valence-electron chi connectivity index (χ4n) is 0.604. The van der Waals surface area contributed by atoms with Crippen LogP contribution in [0, 0.1) is 5.92 Å². The van der Waals surface area contributed by atoms with Gasteiger partial charge in [-0.2, -0.15) is 0 Å². The third kappa shape index (κ3) is 2.31. The molecule has 0 saturated heterocycles. The van der Waals surface area contributed by atoms with Crippen molar-refractivity contribution in [3.8, 4) is 0 Å². The van der Waals surface area contributed by atoms with E-state index in [1.165, 1.54) is 12.2 Å². The molecule has 47 valence electrons. The largest absolute Gasteiger partial charge is 0.229 e. The summed E-state index contributed by atoms with van der Waals surface area (Å²) in [6, 6.07) is 0. The van der Waals surface area contributed by atoms with E-state index in [0.717, 1.165) is 12.8 Å². The van der Waals surface area contributed by atoms with E-state index in [0.29, 0.717) is 5.75 Å². The maximum atomic E-state index is 10.5. The van der Waals surface area contributed by atoms with Crippen molar-refractivity contribution in [3.05, 3.63) is 5.92 Å². The molecule has 1 aliphatic carbocycles. The number of rotatable bonds is 2. The van der Waals surface area contributed by atoms with E-state index in [9.17, 15) is 8.42 Å². The molecule has 0 amide bonds. The van der Waals surface area contributed by atoms with E-state index >= 15 is 0 Å². The van der Waals surface area contributed by atoms with E-state index < -0.39 is 9.84 Å². The lowest BCUT2D eigenvalue weighted by atomic mass is 10.5. The second-order valence-electron chi connectivity index (χ2n) is 2.32. The summed E-state index contributed by atoms with van der Waals surface area (Å²) >= 11 is 0. The van der Waals surface area contributed by atoms with Gasteiger partial charge in [-0.25, -0.2) is 8.42 Å². The standard InChI is InChI=1S/C5H9O2S/c1-8(6,7)4-5-2-3-5/h2-4H2,1H3. The first-order chi connectivity index (χ1) is 3.58. The highest BCUT2D eigenvalue weighted by Crippen LogP contribution is 2.32. The van der Waals surface area contributed by atoms with Crippen LogP contribution < -0.4 is 0 Å². The van der Waals surface area contributed by atoms with Gasteiger partial charge in [0.2, 0.25) is 0 Å². The quantitative estimate of drug-likeness (QED) is 0.546. The fourth-order valence-corrected chi connectivity index (χ4v) is 1.63. The summed E-state index contributed by atoms with van der Waals surface area (Å²) in [5, 5.41) is 0. The monoisotopic (exact) mass is 133 g/mol. The summed E-state index contributed by atoms with van der Waals surface area (Å²) < 4.78 is 20.9. The molecule has 0 aromatic heterocycles. The molecule has 0 spiro atoms. The molecule has 0 N–H and O–H groups in total. The van der Waals surface area contributed by atoms with Gasteiger partial charge >= 0.3 is 0 Å². The Morgan fingerprint density at radius 3 is 2.12 bits per heavy atom. The van der Waals surface area contributed by atoms with Crippen molar-refractivity contribution in [2.24, 2.45) is 0 Å². The van der Waals surface area contributed by atoms with Crippen molar-refractivity contribution in [1.29, 1.82) is 0 Å². The van der Waals surface area contributed by atoms with Crippen molar-refractivity contribution in [2.45, 2.75) is 12.8 Å². The minimum atomic E-state index is -2.70. The van der Waals surface area contributed by atoms with E-state index in [-0.39, 0.29) is 0 Å². The van der Waals surface area contributed by atoms with Crippen LogP contribution in [0.5, 0.6) is 0 Å². The summed E-state index contributed by atoms with van der Waals surface area (Å²) in [6.07, 6.45) is 3.35. The molecule has 1 rings (SSSR count). The van der Waals surface area contributed by atoms with E-state index in [4.69, 9.17) is 0 Å². The summed E-state index contributed by atoms with van der Waals surface area (Å²) in [4.78, 5) is 0. The van der Waals surface area contributed by atoms with Crippen LogP contribution in [0.3, 0.4) is 0 Å². The van der Waals surface area contributed by atoms with Crippen molar-refractivity contribution in [2.75, 3.05) is 12.0 Å². The van der Waals surface area contributed by atoms with E-state index in [1.54, 1.807) is 0 Å². The van der Waals surface area contributed by atoms with Crippen LogP contribution >= 0.6 is 0 Å². The lowest BCUT2D eigenvalue weighted by molar-refractivity contribution is 0.603. The zero-order valence-electron chi connectivity index (χ0n) is 4.85. The Kier molecular flexibility index (Phi) is 1.31. The summed E-state index contributed by atoms with van der Waals surface area (Å²) in [7, 11) is -2.70. The second-order valence-corrected chi connectivity index (χ2v) is 4.46. The van der Waals surface area contributed by atoms with Crippen LogP contribution in [0.2, 0.25) is 0 Å². The Hall–Kier alpha value is -0.0500. The zero-order valence-corrected chi connectivity index (χ0v) is 5.66. The molecule has 0 aromatic rings. The molecule has 1 radical (unpaired) electrons. The first-order valence-electron chi connectivity index (χ1n) is 2.59. The molecule has 0 unspecified atom stereocenters. The smallest absolute Gasteiger partial charge is 0.148 e. The summed E-state index contributed by atoms with van der Waals surface area (Å²) in [5.74, 6) is 1.51. The van der Waals surface area contributed by atoms with Gasteiger partial charge in [0, 0.05) is 6.26 Å². The van der Waals surface area contributed by atoms with Crippen LogP contribution in [0.15, 0.2) is 0 Å². The molecule has 0 heterocycles. The average molecular weight is 133 g/mol. The molecule has 2 nitrogen and oxygen atoms in total. The van der Waals surface area contributed by atoms with Gasteiger partial charge in [0.1, 0.15) is 9.84 Å². The van der Waals surface area contributed by atoms with Crippen LogP contribution in [-0.2, 0) is 9.84 Å². The minimum absolute atomic E-state index is 0.326. The molecular formula is C5H9O2S. The van der Waals surface area contributed by atoms with E-state index in [2.05, 4.69) is 0 Å². The molecular weight excluding hydrogens is 124 g/mol. The molecule has 1 aliphatic rings. The maximum Gasteiger partial charge on any atom is 0.148 e. The van der Waals surface area contributed by atoms with Crippen molar-refractivity contribution in [3.63, 3.8) is 0 Å². The van der Waals surface area contributed by atoms with Crippen molar-refractivity contribution < 1.29 is 8.42 Å². The third-order valence-electron chi connectivity index (χ3n) is 1.07. The molecule has 0 aromatic carbocycles. The molecule has 0 atom stereocenters. The highest BCUT2D eigenvalue weighted by molar-refractivity contribution is 7.90. The van der Waals surface area contributed by atoms with Crippen LogP contribution in [0.1, 0.15) is 12.8 Å². The number of sulfone groups is 1. The fraction of sp³-hybridized carbons (Fsp3) is 0.800. The van der Waals surface area contributed by atoms with Gasteiger partial charge < -0.3 is 0 Å². The van der Waals surface area contributed by atoms with Gasteiger partial charge in [-0.3, -0.25) is 0 Å². The molecule has 8 heavy (non-hydrogen) atoms. The van der Waals surface area contributed by atoms with Gasteiger partial charge in [-0.05, 0) is 18.8 Å². The Balaban J connectivity index is 2.38. The van der Waals surface area contributed by atoms with Gasteiger partial charge in [0.25, 0.3) is 0 Å². The summed E-state index contributed by atoms with van der Waals surface area (Å²) in [5.41, 5.74) is 0. The highest BCUT2D eigenvalue weighted by atomic mass is 32.2. The van der Waals surface area contributed by atoms with Gasteiger partial charge in [-0.1, -0.05) is 0 Å². The highest BCUT2D eigenvalue weighted by Gasteiger charge is 2.25. The Bertz CT molecular complexity index is 165. The third-order valence-corrected chi connectivity index (χ3v) is 2.00. The predicted octanol–water partition coefficient (Wildman–Crippen LogP) is 0.399. The Labute approximate surface area is 49.8 Å². The number of hydrogen-bond donors (Lipinski definition) is 0. The Morgan fingerprint density at radius 2 is 2.00 bits per heavy atom. The molecule has 3 heteroatoms. The van der Waals surface area contributed by atoms with Crippen LogP contribution in [0.4, 0.5) is 0 Å². The first-order valence-corrected chi connectivity index (χ1v) is 4.65. The van der Waals surface area contributed by atoms with Crippen molar-refractivity contribution in [1.82, 2.24) is 0 Å². The van der Waals surface area contributed by atoms with Gasteiger partial charge in [-0.15, -0.1) is 0 Å². The molecule has 1 saturated carbocycles. The van der Waals surface area contributed by atoms with Gasteiger partial charge in [0.15, 0.2) is 0 Å².